The summed E-state index contributed by atoms with van der Waals surface area (Å²) in [6.45, 7) is 0. The minimum absolute atomic E-state index is 0.883. The third-order valence-corrected chi connectivity index (χ3v) is 11.0. The molecule has 5 rings (SSSR count). The average molecular weight is 655 g/mol. The normalized spacial score (nSPS) is 13.8. The molecule has 1 aliphatic heterocycles. The van der Waals surface area contributed by atoms with Crippen molar-refractivity contribution in [1.29, 1.82) is 0 Å². The van der Waals surface area contributed by atoms with E-state index < -0.39 is 0 Å². The molecule has 34 heavy (non-hydrogen) atoms. The highest BCUT2D eigenvalue weighted by molar-refractivity contribution is 9.11. The predicted molar refractivity (Wildman–Crippen MR) is 158 cm³/mol. The van der Waals surface area contributed by atoms with Crippen LogP contribution < -0.4 is 9.47 Å². The Hall–Kier alpha value is -0.900. The second-order valence-electron chi connectivity index (χ2n) is 7.85. The molecule has 8 heteroatoms. The quantitative estimate of drug-likeness (QED) is 0.218. The predicted octanol–water partition coefficient (Wildman–Crippen LogP) is 9.87. The van der Waals surface area contributed by atoms with Crippen LogP contribution in [0.25, 0.3) is 20.9 Å². The van der Waals surface area contributed by atoms with E-state index in [4.69, 9.17) is 9.47 Å². The van der Waals surface area contributed by atoms with Gasteiger partial charge in [0.25, 0.3) is 0 Å². The maximum Gasteiger partial charge on any atom is 0.126 e. The van der Waals surface area contributed by atoms with E-state index in [0.29, 0.717) is 0 Å². The van der Waals surface area contributed by atoms with Gasteiger partial charge in [-0.25, -0.2) is 0 Å². The number of thioether (sulfide) groups is 2. The zero-order valence-corrected chi connectivity index (χ0v) is 25.1. The van der Waals surface area contributed by atoms with Crippen LogP contribution in [-0.4, -0.2) is 14.2 Å². The summed E-state index contributed by atoms with van der Waals surface area (Å²) in [6.07, 6.45) is 0. The number of hydrogen-bond acceptors (Lipinski definition) is 6. The van der Waals surface area contributed by atoms with Crippen LogP contribution in [0.1, 0.15) is 22.3 Å². The molecule has 2 aromatic carbocycles. The van der Waals surface area contributed by atoms with Gasteiger partial charge in [-0.2, -0.15) is 23.5 Å². The summed E-state index contributed by atoms with van der Waals surface area (Å²) < 4.78 is 14.2. The summed E-state index contributed by atoms with van der Waals surface area (Å²) >= 11 is 14.6. The lowest BCUT2D eigenvalue weighted by atomic mass is 10.0. The third kappa shape index (κ3) is 5.27. The molecule has 1 aliphatic rings. The van der Waals surface area contributed by atoms with Crippen LogP contribution in [0.3, 0.4) is 0 Å². The molecule has 3 heterocycles. The maximum atomic E-state index is 5.93. The van der Waals surface area contributed by atoms with Gasteiger partial charge in [0.2, 0.25) is 0 Å². The molecule has 0 N–H and O–H groups in total. The van der Waals surface area contributed by atoms with Gasteiger partial charge in [-0.1, -0.05) is 0 Å². The molecule has 0 aliphatic carbocycles. The molecule has 0 atom stereocenters. The van der Waals surface area contributed by atoms with Crippen LogP contribution in [-0.2, 0) is 23.0 Å². The highest BCUT2D eigenvalue weighted by atomic mass is 79.9. The van der Waals surface area contributed by atoms with Gasteiger partial charge in [0.05, 0.1) is 21.8 Å². The van der Waals surface area contributed by atoms with Gasteiger partial charge in [-0.3, -0.25) is 0 Å². The molecular weight excluding hydrogens is 632 g/mol. The molecule has 0 spiro atoms. The van der Waals surface area contributed by atoms with Crippen LogP contribution in [0, 0.1) is 0 Å². The first-order valence-corrected chi connectivity index (χ1v) is 16.1. The molecule has 0 radical (unpaired) electrons. The van der Waals surface area contributed by atoms with Crippen molar-refractivity contribution in [2.45, 2.75) is 23.0 Å². The van der Waals surface area contributed by atoms with E-state index >= 15 is 0 Å². The lowest BCUT2D eigenvalue weighted by Gasteiger charge is -2.19. The summed E-state index contributed by atoms with van der Waals surface area (Å²) in [5, 5.41) is 0. The number of rotatable bonds is 4. The van der Waals surface area contributed by atoms with Crippen molar-refractivity contribution in [2.24, 2.45) is 0 Å². The molecule has 4 aromatic rings. The van der Waals surface area contributed by atoms with Gasteiger partial charge >= 0.3 is 0 Å². The minimum atomic E-state index is 0.883. The second-order valence-corrected chi connectivity index (χ2v) is 14.7. The first-order chi connectivity index (χ1) is 16.6. The van der Waals surface area contributed by atoms with Gasteiger partial charge in [-0.15, -0.1) is 22.7 Å². The van der Waals surface area contributed by atoms with Gasteiger partial charge in [0, 0.05) is 55.0 Å². The third-order valence-electron chi connectivity index (χ3n) is 5.64. The standard InChI is InChI=1S/C26H22Br2O2S4/c1-29-25-17-7-15(21-3-5-23(27)33-21)8-18(25)12-32-14-20-10-16(22-4-6-24(28)34-22)9-19(13-31-11-17)26(20)30-2/h3-10H,11-14H2,1-2H3. The molecule has 176 valence electrons. The lowest BCUT2D eigenvalue weighted by molar-refractivity contribution is 0.407. The first kappa shape index (κ1) is 24.8. The molecule has 0 amide bonds. The molecular formula is C26H22Br2O2S4. The molecule has 0 saturated heterocycles. The highest BCUT2D eigenvalue weighted by Gasteiger charge is 2.19. The van der Waals surface area contributed by atoms with Crippen molar-refractivity contribution in [2.75, 3.05) is 14.2 Å². The monoisotopic (exact) mass is 652 g/mol. The van der Waals surface area contributed by atoms with E-state index in [-0.39, 0.29) is 0 Å². The topological polar surface area (TPSA) is 18.5 Å². The van der Waals surface area contributed by atoms with Crippen LogP contribution in [0.2, 0.25) is 0 Å². The van der Waals surface area contributed by atoms with Crippen molar-refractivity contribution in [3.8, 4) is 32.4 Å². The highest BCUT2D eigenvalue weighted by Crippen LogP contribution is 2.43. The number of benzene rings is 2. The van der Waals surface area contributed by atoms with Crippen molar-refractivity contribution in [3.63, 3.8) is 0 Å². The molecule has 0 saturated carbocycles. The number of hydrogen-bond donors (Lipinski definition) is 0. The minimum Gasteiger partial charge on any atom is -0.496 e. The first-order valence-electron chi connectivity index (χ1n) is 10.6. The van der Waals surface area contributed by atoms with Crippen molar-refractivity contribution >= 4 is 78.1 Å². The summed E-state index contributed by atoms with van der Waals surface area (Å²) in [5.41, 5.74) is 7.54. The summed E-state index contributed by atoms with van der Waals surface area (Å²) in [6, 6.07) is 17.8. The Labute approximate surface area is 233 Å². The van der Waals surface area contributed by atoms with Gasteiger partial charge in [0.1, 0.15) is 11.5 Å². The second kappa shape index (κ2) is 11.0. The number of ether oxygens (including phenoxy) is 2. The van der Waals surface area contributed by atoms with E-state index in [9.17, 15) is 0 Å². The largest absolute Gasteiger partial charge is 0.496 e. The Kier molecular flexibility index (Phi) is 8.03. The lowest BCUT2D eigenvalue weighted by Crippen LogP contribution is -2.01. The fraction of sp³-hybridized carbons (Fsp3) is 0.231. The number of halogens is 2. The maximum absolute atomic E-state index is 5.93. The fourth-order valence-corrected chi connectivity index (χ4v) is 8.92. The Morgan fingerprint density at radius 3 is 1.21 bits per heavy atom. The van der Waals surface area contributed by atoms with Crippen LogP contribution in [0.5, 0.6) is 11.5 Å². The molecule has 2 aromatic heterocycles. The van der Waals surface area contributed by atoms with E-state index in [0.717, 1.165) is 42.1 Å². The SMILES string of the molecule is COc1c2cc(-c3ccc(Br)s3)cc1CSCc1cc(-c3ccc(Br)s3)cc(c1OC)CSC2. The van der Waals surface area contributed by atoms with Gasteiger partial charge < -0.3 is 9.47 Å². The molecule has 4 bridgehead atoms. The smallest absolute Gasteiger partial charge is 0.126 e. The van der Waals surface area contributed by atoms with Gasteiger partial charge in [-0.05, 0) is 91.5 Å². The van der Waals surface area contributed by atoms with E-state index in [1.54, 1.807) is 36.9 Å². The van der Waals surface area contributed by atoms with Gasteiger partial charge in [0.15, 0.2) is 0 Å². The zero-order chi connectivity index (χ0) is 23.7. The van der Waals surface area contributed by atoms with Crippen molar-refractivity contribution in [1.82, 2.24) is 0 Å². The van der Waals surface area contributed by atoms with Crippen LogP contribution in [0.4, 0.5) is 0 Å². The zero-order valence-electron chi connectivity index (χ0n) is 18.7. The molecule has 2 nitrogen and oxygen atoms in total. The van der Waals surface area contributed by atoms with Crippen LogP contribution >= 0.6 is 78.1 Å². The number of methoxy groups -OCH3 is 2. The number of fused-ring (bicyclic) bond motifs is 4. The van der Waals surface area contributed by atoms with E-state index in [2.05, 4.69) is 80.4 Å². The summed E-state index contributed by atoms with van der Waals surface area (Å²) in [7, 11) is 3.59. The Bertz CT molecular complexity index is 1180. The average Bonchev–Trinajstić information content (AvgIpc) is 3.46. The van der Waals surface area contributed by atoms with Crippen molar-refractivity contribution in [3.05, 3.63) is 78.4 Å². The fourth-order valence-electron chi connectivity index (χ4n) is 4.23. The van der Waals surface area contributed by atoms with Crippen LogP contribution in [0.15, 0.2) is 56.1 Å². The Balaban J connectivity index is 1.54. The van der Waals surface area contributed by atoms with E-state index in [1.807, 2.05) is 23.5 Å². The molecule has 0 fully saturated rings. The Morgan fingerprint density at radius 2 is 0.941 bits per heavy atom. The molecule has 0 unspecified atom stereocenters. The van der Waals surface area contributed by atoms with E-state index in [1.165, 1.54) is 43.1 Å². The van der Waals surface area contributed by atoms with Crippen molar-refractivity contribution < 1.29 is 9.47 Å². The summed E-state index contributed by atoms with van der Waals surface area (Å²) in [4.78, 5) is 2.55. The number of thiophene rings is 2. The summed E-state index contributed by atoms with van der Waals surface area (Å²) in [5.74, 6) is 5.59. The Morgan fingerprint density at radius 1 is 0.588 bits per heavy atom.